The van der Waals surface area contributed by atoms with Gasteiger partial charge < -0.3 is 4.74 Å². The molecule has 0 heterocycles. The summed E-state index contributed by atoms with van der Waals surface area (Å²) in [7, 11) is 0. The van der Waals surface area contributed by atoms with Gasteiger partial charge in [0, 0.05) is 6.92 Å². The molecule has 0 saturated heterocycles. The summed E-state index contributed by atoms with van der Waals surface area (Å²) in [6.07, 6.45) is 4.19. The summed E-state index contributed by atoms with van der Waals surface area (Å²) in [6, 6.07) is 0. The SMILES string of the molecule is CCCCC(C)(CC(C)C)OC(C)=O. The van der Waals surface area contributed by atoms with Crippen LogP contribution >= 0.6 is 0 Å². The number of rotatable bonds is 6. The molecule has 0 aromatic rings. The Morgan fingerprint density at radius 2 is 2.00 bits per heavy atom. The fourth-order valence-corrected chi connectivity index (χ4v) is 1.96. The number of unbranched alkanes of at least 4 members (excludes halogenated alkanes) is 1. The molecule has 0 saturated carbocycles. The normalized spacial score (nSPS) is 15.3. The molecule has 0 fully saturated rings. The Kier molecular flexibility index (Phi) is 5.82. The van der Waals surface area contributed by atoms with Crippen molar-refractivity contribution in [1.82, 2.24) is 0 Å². The first kappa shape index (κ1) is 13.5. The maximum Gasteiger partial charge on any atom is 0.303 e. The zero-order valence-corrected chi connectivity index (χ0v) is 10.2. The number of carbonyl (C=O) groups is 1. The molecule has 2 heteroatoms. The van der Waals surface area contributed by atoms with Crippen LogP contribution in [-0.4, -0.2) is 11.6 Å². The van der Waals surface area contributed by atoms with Crippen molar-refractivity contribution < 1.29 is 9.53 Å². The van der Waals surface area contributed by atoms with Crippen molar-refractivity contribution in [3.63, 3.8) is 0 Å². The van der Waals surface area contributed by atoms with E-state index >= 15 is 0 Å². The van der Waals surface area contributed by atoms with Crippen LogP contribution in [0.5, 0.6) is 0 Å². The van der Waals surface area contributed by atoms with Crippen molar-refractivity contribution in [2.24, 2.45) is 5.92 Å². The van der Waals surface area contributed by atoms with Crippen molar-refractivity contribution >= 4 is 5.97 Å². The second-order valence-electron chi connectivity index (χ2n) is 4.75. The molecular formula is C12H24O2. The van der Waals surface area contributed by atoms with Crippen LogP contribution < -0.4 is 0 Å². The fourth-order valence-electron chi connectivity index (χ4n) is 1.96. The van der Waals surface area contributed by atoms with Gasteiger partial charge >= 0.3 is 5.97 Å². The highest BCUT2D eigenvalue weighted by atomic mass is 16.6. The van der Waals surface area contributed by atoms with E-state index in [9.17, 15) is 4.79 Å². The van der Waals surface area contributed by atoms with E-state index in [1.165, 1.54) is 6.92 Å². The quantitative estimate of drug-likeness (QED) is 0.613. The predicted octanol–water partition coefficient (Wildman–Crippen LogP) is 3.54. The van der Waals surface area contributed by atoms with Gasteiger partial charge in [0.25, 0.3) is 0 Å². The zero-order valence-electron chi connectivity index (χ0n) is 10.2. The summed E-state index contributed by atoms with van der Waals surface area (Å²) in [4.78, 5) is 11.0. The van der Waals surface area contributed by atoms with Crippen LogP contribution in [0.15, 0.2) is 0 Å². The van der Waals surface area contributed by atoms with E-state index in [0.717, 1.165) is 25.7 Å². The summed E-state index contributed by atoms with van der Waals surface area (Å²) >= 11 is 0. The molecule has 0 bridgehead atoms. The third-order valence-electron chi connectivity index (χ3n) is 2.29. The maximum atomic E-state index is 11.0. The molecule has 0 aromatic carbocycles. The Morgan fingerprint density at radius 1 is 1.43 bits per heavy atom. The summed E-state index contributed by atoms with van der Waals surface area (Å²) in [5.41, 5.74) is -0.254. The van der Waals surface area contributed by atoms with Crippen molar-refractivity contribution in [3.05, 3.63) is 0 Å². The third-order valence-corrected chi connectivity index (χ3v) is 2.29. The minimum absolute atomic E-state index is 0.163. The van der Waals surface area contributed by atoms with E-state index in [1.807, 2.05) is 6.92 Å². The highest BCUT2D eigenvalue weighted by molar-refractivity contribution is 5.66. The van der Waals surface area contributed by atoms with Crippen LogP contribution in [0.1, 0.15) is 60.3 Å². The van der Waals surface area contributed by atoms with Crippen molar-refractivity contribution in [1.29, 1.82) is 0 Å². The standard InChI is InChI=1S/C12H24O2/c1-6-7-8-12(5,9-10(2)3)14-11(4)13/h10H,6-9H2,1-5H3. The number of hydrogen-bond acceptors (Lipinski definition) is 2. The minimum atomic E-state index is -0.254. The van der Waals surface area contributed by atoms with Crippen LogP contribution in [0.25, 0.3) is 0 Å². The largest absolute Gasteiger partial charge is 0.460 e. The third kappa shape index (κ3) is 6.01. The summed E-state index contributed by atoms with van der Waals surface area (Å²) in [6.45, 7) is 10.0. The summed E-state index contributed by atoms with van der Waals surface area (Å²) in [5, 5.41) is 0. The van der Waals surface area contributed by atoms with Gasteiger partial charge in [-0.3, -0.25) is 4.79 Å². The number of carbonyl (C=O) groups excluding carboxylic acids is 1. The maximum absolute atomic E-state index is 11.0. The predicted molar refractivity (Wildman–Crippen MR) is 59.2 cm³/mol. The Labute approximate surface area is 88.0 Å². The number of esters is 1. The first-order valence-corrected chi connectivity index (χ1v) is 5.59. The van der Waals surface area contributed by atoms with E-state index < -0.39 is 0 Å². The molecule has 0 radical (unpaired) electrons. The molecule has 2 nitrogen and oxygen atoms in total. The average molecular weight is 200 g/mol. The van der Waals surface area contributed by atoms with Gasteiger partial charge in [-0.25, -0.2) is 0 Å². The Morgan fingerprint density at radius 3 is 2.36 bits per heavy atom. The Balaban J connectivity index is 4.24. The Bertz CT molecular complexity index is 175. The van der Waals surface area contributed by atoms with Gasteiger partial charge in [0.2, 0.25) is 0 Å². The van der Waals surface area contributed by atoms with Crippen LogP contribution in [0.3, 0.4) is 0 Å². The van der Waals surface area contributed by atoms with Crippen molar-refractivity contribution in [2.75, 3.05) is 0 Å². The lowest BCUT2D eigenvalue weighted by atomic mass is 9.89. The van der Waals surface area contributed by atoms with Crippen molar-refractivity contribution in [3.8, 4) is 0 Å². The molecule has 0 amide bonds. The molecule has 1 atom stereocenters. The molecule has 0 aliphatic rings. The first-order chi connectivity index (χ1) is 6.39. The molecular weight excluding hydrogens is 176 g/mol. The molecule has 14 heavy (non-hydrogen) atoms. The topological polar surface area (TPSA) is 26.3 Å². The summed E-state index contributed by atoms with van der Waals surface area (Å²) < 4.78 is 5.41. The number of hydrogen-bond donors (Lipinski definition) is 0. The van der Waals surface area contributed by atoms with Gasteiger partial charge in [0.05, 0.1) is 0 Å². The van der Waals surface area contributed by atoms with Crippen LogP contribution in [0.4, 0.5) is 0 Å². The molecule has 0 aliphatic heterocycles. The molecule has 0 N–H and O–H groups in total. The van der Waals surface area contributed by atoms with E-state index in [1.54, 1.807) is 0 Å². The highest BCUT2D eigenvalue weighted by Gasteiger charge is 2.27. The van der Waals surface area contributed by atoms with E-state index in [2.05, 4.69) is 20.8 Å². The van der Waals surface area contributed by atoms with Gasteiger partial charge in [-0.15, -0.1) is 0 Å². The zero-order chi connectivity index (χ0) is 11.2. The van der Waals surface area contributed by atoms with Gasteiger partial charge in [0.15, 0.2) is 0 Å². The number of ether oxygens (including phenoxy) is 1. The molecule has 0 rings (SSSR count). The molecule has 0 aromatic heterocycles. The van der Waals surface area contributed by atoms with E-state index in [-0.39, 0.29) is 11.6 Å². The first-order valence-electron chi connectivity index (χ1n) is 5.59. The van der Waals surface area contributed by atoms with Gasteiger partial charge in [-0.05, 0) is 32.1 Å². The lowest BCUT2D eigenvalue weighted by Gasteiger charge is -2.30. The molecule has 0 spiro atoms. The highest BCUT2D eigenvalue weighted by Crippen LogP contribution is 2.26. The van der Waals surface area contributed by atoms with Gasteiger partial charge in [-0.2, -0.15) is 0 Å². The van der Waals surface area contributed by atoms with Crippen LogP contribution in [0, 0.1) is 5.92 Å². The molecule has 1 unspecified atom stereocenters. The second kappa shape index (κ2) is 6.05. The monoisotopic (exact) mass is 200 g/mol. The fraction of sp³-hybridized carbons (Fsp3) is 0.917. The van der Waals surface area contributed by atoms with Crippen molar-refractivity contribution in [2.45, 2.75) is 65.9 Å². The van der Waals surface area contributed by atoms with E-state index in [0.29, 0.717) is 5.92 Å². The van der Waals surface area contributed by atoms with Gasteiger partial charge in [0.1, 0.15) is 5.60 Å². The lowest BCUT2D eigenvalue weighted by molar-refractivity contribution is -0.157. The lowest BCUT2D eigenvalue weighted by Crippen LogP contribution is -2.32. The average Bonchev–Trinajstić information content (AvgIpc) is 1.97. The Hall–Kier alpha value is -0.530. The second-order valence-corrected chi connectivity index (χ2v) is 4.75. The summed E-state index contributed by atoms with van der Waals surface area (Å²) in [5.74, 6) is 0.403. The van der Waals surface area contributed by atoms with Gasteiger partial charge in [-0.1, -0.05) is 27.2 Å². The smallest absolute Gasteiger partial charge is 0.303 e. The molecule has 0 aliphatic carbocycles. The van der Waals surface area contributed by atoms with Crippen LogP contribution in [-0.2, 0) is 9.53 Å². The van der Waals surface area contributed by atoms with Crippen LogP contribution in [0.2, 0.25) is 0 Å². The molecule has 84 valence electrons. The van der Waals surface area contributed by atoms with E-state index in [4.69, 9.17) is 4.74 Å². The minimum Gasteiger partial charge on any atom is -0.460 e.